The van der Waals surface area contributed by atoms with Crippen molar-refractivity contribution in [1.82, 2.24) is 23.6 Å². The minimum atomic E-state index is -0.626. The van der Waals surface area contributed by atoms with Gasteiger partial charge in [-0.1, -0.05) is 30.3 Å². The highest BCUT2D eigenvalue weighted by atomic mass is 16.2. The topological polar surface area (TPSA) is 82.1 Å². The maximum atomic E-state index is 12.8. The number of hydrogen-bond donors (Lipinski definition) is 0. The van der Waals surface area contributed by atoms with Gasteiger partial charge in [-0.3, -0.25) is 18.7 Å². The normalized spacial score (nSPS) is 12.3. The molecule has 3 rings (SSSR count). The molecule has 0 aliphatic carbocycles. The number of aromatic nitrogens is 4. The molecule has 26 heavy (non-hydrogen) atoms. The van der Waals surface area contributed by atoms with Crippen molar-refractivity contribution in [2.24, 2.45) is 14.1 Å². The molecule has 0 bridgehead atoms. The van der Waals surface area contributed by atoms with Gasteiger partial charge in [0.25, 0.3) is 5.56 Å². The van der Waals surface area contributed by atoms with Crippen molar-refractivity contribution in [3.8, 4) is 0 Å². The number of nitrogens with zero attached hydrogens (tertiary/aromatic N) is 5. The van der Waals surface area contributed by atoms with E-state index in [1.165, 1.54) is 22.5 Å². The Bertz CT molecular complexity index is 1080. The zero-order chi connectivity index (χ0) is 19.0. The highest BCUT2D eigenvalue weighted by Gasteiger charge is 2.24. The number of rotatable bonds is 4. The van der Waals surface area contributed by atoms with Gasteiger partial charge in [0.1, 0.15) is 6.04 Å². The minimum Gasteiger partial charge on any atom is -0.340 e. The number of amides is 1. The summed E-state index contributed by atoms with van der Waals surface area (Å²) in [5.74, 6) is -0.149. The highest BCUT2D eigenvalue weighted by Crippen LogP contribution is 2.16. The van der Waals surface area contributed by atoms with E-state index in [1.807, 2.05) is 30.3 Å². The quantitative estimate of drug-likeness (QED) is 0.688. The molecule has 0 saturated heterocycles. The van der Waals surface area contributed by atoms with Crippen LogP contribution in [0.2, 0.25) is 0 Å². The van der Waals surface area contributed by atoms with E-state index in [0.717, 1.165) is 10.1 Å². The third-order valence-electron chi connectivity index (χ3n) is 4.59. The van der Waals surface area contributed by atoms with Crippen LogP contribution in [0.3, 0.4) is 0 Å². The molecule has 1 amide bonds. The molecule has 8 heteroatoms. The molecule has 0 saturated carbocycles. The van der Waals surface area contributed by atoms with Gasteiger partial charge in [0.05, 0.1) is 6.33 Å². The van der Waals surface area contributed by atoms with Crippen molar-refractivity contribution in [1.29, 1.82) is 0 Å². The first kappa shape index (κ1) is 17.7. The third kappa shape index (κ3) is 2.83. The lowest BCUT2D eigenvalue weighted by molar-refractivity contribution is -0.133. The van der Waals surface area contributed by atoms with Crippen LogP contribution in [0.25, 0.3) is 11.2 Å². The van der Waals surface area contributed by atoms with E-state index >= 15 is 0 Å². The number of carbonyl (C=O) groups is 1. The van der Waals surface area contributed by atoms with Crippen molar-refractivity contribution in [2.75, 3.05) is 7.05 Å². The van der Waals surface area contributed by atoms with Crippen LogP contribution >= 0.6 is 0 Å². The monoisotopic (exact) mass is 355 g/mol. The minimum absolute atomic E-state index is 0.149. The van der Waals surface area contributed by atoms with E-state index in [4.69, 9.17) is 0 Å². The lowest BCUT2D eigenvalue weighted by Gasteiger charge is -2.22. The average molecular weight is 355 g/mol. The molecule has 0 aliphatic rings. The molecule has 3 aromatic rings. The molecule has 1 atom stereocenters. The molecule has 0 unspecified atom stereocenters. The Morgan fingerprint density at radius 1 is 1.15 bits per heavy atom. The third-order valence-corrected chi connectivity index (χ3v) is 4.59. The summed E-state index contributed by atoms with van der Waals surface area (Å²) in [5, 5.41) is 0. The van der Waals surface area contributed by atoms with Gasteiger partial charge in [-0.05, 0) is 12.5 Å². The van der Waals surface area contributed by atoms with Crippen LogP contribution in [0, 0.1) is 0 Å². The second kappa shape index (κ2) is 6.62. The Balaban J connectivity index is 1.97. The Kier molecular flexibility index (Phi) is 4.50. The van der Waals surface area contributed by atoms with E-state index < -0.39 is 17.3 Å². The van der Waals surface area contributed by atoms with Gasteiger partial charge in [-0.15, -0.1) is 0 Å². The number of carbonyl (C=O) groups excluding carboxylic acids is 1. The molecule has 0 aliphatic heterocycles. The Hall–Kier alpha value is -3.16. The summed E-state index contributed by atoms with van der Waals surface area (Å²) in [6, 6.07) is 9.04. The second-order valence-electron chi connectivity index (χ2n) is 6.39. The predicted molar refractivity (Wildman–Crippen MR) is 97.8 cm³/mol. The number of aryl methyl sites for hydroxylation is 1. The molecule has 136 valence electrons. The van der Waals surface area contributed by atoms with Crippen LogP contribution in [0.5, 0.6) is 0 Å². The van der Waals surface area contributed by atoms with Crippen LogP contribution < -0.4 is 11.2 Å². The summed E-state index contributed by atoms with van der Waals surface area (Å²) in [4.78, 5) is 43.2. The van der Waals surface area contributed by atoms with Gasteiger partial charge in [-0.2, -0.15) is 0 Å². The molecule has 0 N–H and O–H groups in total. The lowest BCUT2D eigenvalue weighted by atomic mass is 10.2. The van der Waals surface area contributed by atoms with E-state index in [2.05, 4.69) is 4.98 Å². The Labute approximate surface area is 149 Å². The number of hydrogen-bond acceptors (Lipinski definition) is 4. The number of benzene rings is 1. The largest absolute Gasteiger partial charge is 0.340 e. The van der Waals surface area contributed by atoms with E-state index in [0.29, 0.717) is 6.54 Å². The second-order valence-corrected chi connectivity index (χ2v) is 6.39. The summed E-state index contributed by atoms with van der Waals surface area (Å²) >= 11 is 0. The van der Waals surface area contributed by atoms with Crippen LogP contribution in [0.15, 0.2) is 46.2 Å². The zero-order valence-corrected chi connectivity index (χ0v) is 15.2. The Morgan fingerprint density at radius 3 is 2.46 bits per heavy atom. The van der Waals surface area contributed by atoms with Gasteiger partial charge in [0.2, 0.25) is 5.91 Å². The van der Waals surface area contributed by atoms with Crippen LogP contribution in [-0.2, 0) is 25.4 Å². The smallest absolute Gasteiger partial charge is 0.332 e. The van der Waals surface area contributed by atoms with Crippen molar-refractivity contribution >= 4 is 17.1 Å². The molecule has 2 aromatic heterocycles. The maximum absolute atomic E-state index is 12.8. The number of imidazole rings is 1. The fourth-order valence-corrected chi connectivity index (χ4v) is 3.03. The molecular weight excluding hydrogens is 334 g/mol. The zero-order valence-electron chi connectivity index (χ0n) is 15.2. The van der Waals surface area contributed by atoms with Crippen molar-refractivity contribution in [3.05, 3.63) is 63.1 Å². The highest BCUT2D eigenvalue weighted by molar-refractivity contribution is 5.82. The molecule has 1 aromatic carbocycles. The standard InChI is InChI=1S/C18H21N5O3/c1-12(16(24)20(2)10-13-8-6-5-7-9-13)23-11-19-15-14(23)17(25)22(4)18(26)21(15)3/h5-9,11-12H,10H2,1-4H3/t12-/m0/s1. The van der Waals surface area contributed by atoms with Crippen LogP contribution in [0.4, 0.5) is 0 Å². The van der Waals surface area contributed by atoms with Crippen molar-refractivity contribution in [2.45, 2.75) is 19.5 Å². The SMILES string of the molecule is C[C@@H](C(=O)N(C)Cc1ccccc1)n1cnc2c1c(=O)n(C)c(=O)n2C. The van der Waals surface area contributed by atoms with Gasteiger partial charge >= 0.3 is 5.69 Å². The fourth-order valence-electron chi connectivity index (χ4n) is 3.03. The average Bonchev–Trinajstić information content (AvgIpc) is 3.09. The van der Waals surface area contributed by atoms with E-state index in [-0.39, 0.29) is 17.1 Å². The van der Waals surface area contributed by atoms with E-state index in [9.17, 15) is 14.4 Å². The lowest BCUT2D eigenvalue weighted by Crippen LogP contribution is -2.38. The molecular formula is C18H21N5O3. The van der Waals surface area contributed by atoms with Crippen LogP contribution in [0.1, 0.15) is 18.5 Å². The molecule has 0 spiro atoms. The fraction of sp³-hybridized carbons (Fsp3) is 0.333. The Morgan fingerprint density at radius 2 is 1.81 bits per heavy atom. The van der Waals surface area contributed by atoms with Gasteiger partial charge in [-0.25, -0.2) is 9.78 Å². The van der Waals surface area contributed by atoms with Crippen molar-refractivity contribution in [3.63, 3.8) is 0 Å². The number of fused-ring (bicyclic) bond motifs is 1. The maximum Gasteiger partial charge on any atom is 0.332 e. The molecule has 2 heterocycles. The van der Waals surface area contributed by atoms with Gasteiger partial charge < -0.3 is 9.47 Å². The summed E-state index contributed by atoms with van der Waals surface area (Å²) in [6.07, 6.45) is 1.43. The first-order valence-corrected chi connectivity index (χ1v) is 8.24. The van der Waals surface area contributed by atoms with Gasteiger partial charge in [0.15, 0.2) is 11.2 Å². The summed E-state index contributed by atoms with van der Waals surface area (Å²) < 4.78 is 3.85. The summed E-state index contributed by atoms with van der Waals surface area (Å²) in [5.41, 5.74) is 0.607. The first-order chi connectivity index (χ1) is 12.3. The van der Waals surface area contributed by atoms with Crippen LogP contribution in [-0.4, -0.2) is 36.5 Å². The first-order valence-electron chi connectivity index (χ1n) is 8.24. The predicted octanol–water partition coefficient (Wildman–Crippen LogP) is 0.653. The molecule has 8 nitrogen and oxygen atoms in total. The number of likely N-dealkylation sites (N-methyl/N-ethyl adjacent to an activating group) is 1. The molecule has 0 fully saturated rings. The summed E-state index contributed by atoms with van der Waals surface area (Å²) in [7, 11) is 4.68. The van der Waals surface area contributed by atoms with Gasteiger partial charge in [0, 0.05) is 27.7 Å². The molecule has 0 radical (unpaired) electrons. The van der Waals surface area contributed by atoms with E-state index in [1.54, 1.807) is 25.9 Å². The summed E-state index contributed by atoms with van der Waals surface area (Å²) in [6.45, 7) is 2.18. The van der Waals surface area contributed by atoms with Crippen molar-refractivity contribution < 1.29 is 4.79 Å².